The zero-order valence-electron chi connectivity index (χ0n) is 14.0. The van der Waals surface area contributed by atoms with Crippen LogP contribution in [0.3, 0.4) is 0 Å². The van der Waals surface area contributed by atoms with Gasteiger partial charge in [0.25, 0.3) is 0 Å². The SMILES string of the molecule is COc1ccc2cc(/C(C)=N/OC(=O)Nc3ccccc3)ccc2c1. The van der Waals surface area contributed by atoms with E-state index in [9.17, 15) is 4.79 Å². The summed E-state index contributed by atoms with van der Waals surface area (Å²) in [7, 11) is 1.64. The molecule has 0 unspecified atom stereocenters. The fourth-order valence-corrected chi connectivity index (χ4v) is 2.40. The molecule has 0 aliphatic rings. The normalized spacial score (nSPS) is 11.2. The van der Waals surface area contributed by atoms with Gasteiger partial charge in [-0.15, -0.1) is 0 Å². The monoisotopic (exact) mass is 334 g/mol. The molecule has 0 radical (unpaired) electrons. The molecule has 0 bridgehead atoms. The van der Waals surface area contributed by atoms with Crippen LogP contribution in [0.2, 0.25) is 0 Å². The van der Waals surface area contributed by atoms with E-state index in [2.05, 4.69) is 10.5 Å². The Bertz CT molecular complexity index is 921. The molecular formula is C20H18N2O3. The van der Waals surface area contributed by atoms with Gasteiger partial charge in [-0.2, -0.15) is 0 Å². The Morgan fingerprint density at radius 3 is 2.44 bits per heavy atom. The van der Waals surface area contributed by atoms with Crippen LogP contribution >= 0.6 is 0 Å². The van der Waals surface area contributed by atoms with Gasteiger partial charge < -0.3 is 4.74 Å². The van der Waals surface area contributed by atoms with E-state index < -0.39 is 6.09 Å². The van der Waals surface area contributed by atoms with Crippen LogP contribution in [0.4, 0.5) is 10.5 Å². The molecular weight excluding hydrogens is 316 g/mol. The number of carbonyl (C=O) groups is 1. The number of anilines is 1. The molecule has 0 saturated carbocycles. The fraction of sp³-hybridized carbons (Fsp3) is 0.100. The number of fused-ring (bicyclic) bond motifs is 1. The molecule has 0 saturated heterocycles. The van der Waals surface area contributed by atoms with E-state index >= 15 is 0 Å². The van der Waals surface area contributed by atoms with Crippen molar-refractivity contribution in [2.75, 3.05) is 12.4 Å². The van der Waals surface area contributed by atoms with E-state index in [0.29, 0.717) is 11.4 Å². The highest BCUT2D eigenvalue weighted by atomic mass is 16.7. The first-order chi connectivity index (χ1) is 12.2. The van der Waals surface area contributed by atoms with Crippen molar-refractivity contribution in [3.05, 3.63) is 72.3 Å². The van der Waals surface area contributed by atoms with Crippen LogP contribution in [0.25, 0.3) is 10.8 Å². The Labute approximate surface area is 145 Å². The summed E-state index contributed by atoms with van der Waals surface area (Å²) in [6.45, 7) is 1.79. The van der Waals surface area contributed by atoms with Gasteiger partial charge in [-0.3, -0.25) is 10.2 Å². The van der Waals surface area contributed by atoms with E-state index in [1.165, 1.54) is 0 Å². The second-order valence-corrected chi connectivity index (χ2v) is 5.47. The highest BCUT2D eigenvalue weighted by molar-refractivity contribution is 6.02. The number of carbonyl (C=O) groups excluding carboxylic acids is 1. The minimum atomic E-state index is -0.629. The van der Waals surface area contributed by atoms with Gasteiger partial charge in [0.15, 0.2) is 0 Å². The third-order valence-corrected chi connectivity index (χ3v) is 3.75. The van der Waals surface area contributed by atoms with Crippen LogP contribution in [-0.2, 0) is 4.84 Å². The van der Waals surface area contributed by atoms with E-state index in [4.69, 9.17) is 9.57 Å². The van der Waals surface area contributed by atoms with Gasteiger partial charge >= 0.3 is 6.09 Å². The number of ether oxygens (including phenoxy) is 1. The molecule has 0 aliphatic carbocycles. The minimum Gasteiger partial charge on any atom is -0.497 e. The first-order valence-corrected chi connectivity index (χ1v) is 7.81. The van der Waals surface area contributed by atoms with Crippen molar-refractivity contribution in [2.45, 2.75) is 6.92 Å². The average molecular weight is 334 g/mol. The van der Waals surface area contributed by atoms with Crippen molar-refractivity contribution >= 4 is 28.3 Å². The second kappa shape index (κ2) is 7.49. The fourth-order valence-electron chi connectivity index (χ4n) is 2.40. The summed E-state index contributed by atoms with van der Waals surface area (Å²) in [4.78, 5) is 16.7. The Morgan fingerprint density at radius 2 is 1.68 bits per heavy atom. The van der Waals surface area contributed by atoms with Crippen molar-refractivity contribution < 1.29 is 14.4 Å². The molecule has 126 valence electrons. The summed E-state index contributed by atoms with van der Waals surface area (Å²) >= 11 is 0. The van der Waals surface area contributed by atoms with E-state index in [1.807, 2.05) is 54.6 Å². The van der Waals surface area contributed by atoms with Crippen molar-refractivity contribution in [3.63, 3.8) is 0 Å². The molecule has 0 aliphatic heterocycles. The molecule has 0 fully saturated rings. The number of methoxy groups -OCH3 is 1. The Morgan fingerprint density at radius 1 is 0.960 bits per heavy atom. The number of rotatable bonds is 4. The highest BCUT2D eigenvalue weighted by Gasteiger charge is 2.05. The number of para-hydroxylation sites is 1. The van der Waals surface area contributed by atoms with Crippen LogP contribution in [0.5, 0.6) is 5.75 Å². The predicted octanol–water partition coefficient (Wildman–Crippen LogP) is 4.82. The zero-order chi connectivity index (χ0) is 17.6. The maximum Gasteiger partial charge on any atom is 0.437 e. The third kappa shape index (κ3) is 4.14. The Balaban J connectivity index is 1.71. The topological polar surface area (TPSA) is 59.9 Å². The van der Waals surface area contributed by atoms with Crippen molar-refractivity contribution in [1.29, 1.82) is 0 Å². The number of nitrogens with zero attached hydrogens (tertiary/aromatic N) is 1. The molecule has 1 amide bonds. The van der Waals surface area contributed by atoms with Crippen molar-refractivity contribution in [1.82, 2.24) is 0 Å². The first kappa shape index (κ1) is 16.5. The molecule has 5 heteroatoms. The number of hydrogen-bond acceptors (Lipinski definition) is 4. The molecule has 1 N–H and O–H groups in total. The first-order valence-electron chi connectivity index (χ1n) is 7.81. The molecule has 5 nitrogen and oxygen atoms in total. The summed E-state index contributed by atoms with van der Waals surface area (Å²) in [5.74, 6) is 0.812. The van der Waals surface area contributed by atoms with Gasteiger partial charge in [-0.1, -0.05) is 41.6 Å². The van der Waals surface area contributed by atoms with Crippen LogP contribution < -0.4 is 10.1 Å². The molecule has 3 aromatic carbocycles. The lowest BCUT2D eigenvalue weighted by Gasteiger charge is -2.06. The Hall–Kier alpha value is -3.34. The van der Waals surface area contributed by atoms with Gasteiger partial charge in [0, 0.05) is 5.69 Å². The molecule has 0 aromatic heterocycles. The lowest BCUT2D eigenvalue weighted by atomic mass is 10.0. The molecule has 3 rings (SSSR count). The minimum absolute atomic E-state index is 0.612. The average Bonchev–Trinajstić information content (AvgIpc) is 2.66. The lowest BCUT2D eigenvalue weighted by Crippen LogP contribution is -2.11. The van der Waals surface area contributed by atoms with Crippen molar-refractivity contribution in [3.8, 4) is 5.75 Å². The smallest absolute Gasteiger partial charge is 0.437 e. The number of oxime groups is 1. The number of nitrogens with one attached hydrogen (secondary N) is 1. The quantitative estimate of drug-likeness (QED) is 0.423. The van der Waals surface area contributed by atoms with Crippen LogP contribution in [0.15, 0.2) is 71.9 Å². The second-order valence-electron chi connectivity index (χ2n) is 5.47. The number of benzene rings is 3. The van der Waals surface area contributed by atoms with Crippen molar-refractivity contribution in [2.24, 2.45) is 5.16 Å². The highest BCUT2D eigenvalue weighted by Crippen LogP contribution is 2.22. The van der Waals surface area contributed by atoms with Gasteiger partial charge in [0.2, 0.25) is 0 Å². The molecule has 0 atom stereocenters. The maximum atomic E-state index is 11.8. The summed E-state index contributed by atoms with van der Waals surface area (Å²) < 4.78 is 5.23. The summed E-state index contributed by atoms with van der Waals surface area (Å²) in [6.07, 6.45) is -0.629. The maximum absolute atomic E-state index is 11.8. The summed E-state index contributed by atoms with van der Waals surface area (Å²) in [5.41, 5.74) is 2.14. The largest absolute Gasteiger partial charge is 0.497 e. The number of amides is 1. The lowest BCUT2D eigenvalue weighted by molar-refractivity contribution is 0.166. The van der Waals surface area contributed by atoms with E-state index in [0.717, 1.165) is 22.1 Å². The Kier molecular flexibility index (Phi) is 4.95. The van der Waals surface area contributed by atoms with Crippen LogP contribution in [0.1, 0.15) is 12.5 Å². The zero-order valence-corrected chi connectivity index (χ0v) is 14.0. The van der Waals surface area contributed by atoms with Gasteiger partial charge in [-0.25, -0.2) is 4.79 Å². The summed E-state index contributed by atoms with van der Waals surface area (Å²) in [6, 6.07) is 20.8. The number of hydrogen-bond donors (Lipinski definition) is 1. The molecule has 0 spiro atoms. The molecule has 0 heterocycles. The predicted molar refractivity (Wildman–Crippen MR) is 99.3 cm³/mol. The molecule has 3 aromatic rings. The molecule has 25 heavy (non-hydrogen) atoms. The van der Waals surface area contributed by atoms with E-state index in [-0.39, 0.29) is 0 Å². The third-order valence-electron chi connectivity index (χ3n) is 3.75. The van der Waals surface area contributed by atoms with Gasteiger partial charge in [0.1, 0.15) is 5.75 Å². The van der Waals surface area contributed by atoms with E-state index in [1.54, 1.807) is 26.2 Å². The summed E-state index contributed by atoms with van der Waals surface area (Å²) in [5, 5.41) is 8.65. The van der Waals surface area contributed by atoms with Crippen LogP contribution in [-0.4, -0.2) is 18.9 Å². The van der Waals surface area contributed by atoms with Gasteiger partial charge in [-0.05, 0) is 53.6 Å². The van der Waals surface area contributed by atoms with Gasteiger partial charge in [0.05, 0.1) is 12.8 Å². The van der Waals surface area contributed by atoms with Crippen LogP contribution in [0, 0.1) is 0 Å². The standard InChI is InChI=1S/C20H18N2O3/c1-14(22-25-20(23)21-18-6-4-3-5-7-18)15-8-9-17-13-19(24-2)11-10-16(17)12-15/h3-13H,1-2H3,(H,21,23)/b22-14+.